The fourth-order valence-electron chi connectivity index (χ4n) is 3.43. The Bertz CT molecular complexity index is 1080. The third-order valence-corrected chi connectivity index (χ3v) is 11.7. The van der Waals surface area contributed by atoms with E-state index in [1.165, 1.54) is 16.2 Å². The second-order valence-electron chi connectivity index (χ2n) is 10.9. The van der Waals surface area contributed by atoms with E-state index in [9.17, 15) is 14.7 Å². The third-order valence-electron chi connectivity index (χ3n) is 6.17. The van der Waals surface area contributed by atoms with Gasteiger partial charge in [0.05, 0.1) is 13.5 Å². The number of aliphatic hydroxyl groups is 1. The quantitative estimate of drug-likeness (QED) is 0.424. The van der Waals surface area contributed by atoms with Gasteiger partial charge in [-0.3, -0.25) is 9.59 Å². The number of rotatable bonds is 6. The monoisotopic (exact) mass is 493 g/mol. The van der Waals surface area contributed by atoms with Crippen LogP contribution >= 0.6 is 11.3 Å². The van der Waals surface area contributed by atoms with Crippen molar-refractivity contribution >= 4 is 41.6 Å². The average Bonchev–Trinajstić information content (AvgIpc) is 3.12. The van der Waals surface area contributed by atoms with Crippen molar-refractivity contribution in [3.63, 3.8) is 0 Å². The minimum Gasteiger partial charge on any atom is -0.541 e. The standard InChI is InChI=1S/C24H35NO6SSi/c1-23(2,3)30-18(26)10-11-25-21(27)19-14-12-16(31-33(8,9)24(4,5)6)15(29-7)13-17(14)32-20(19)22(25)28/h12-13,21,27H,10-11H2,1-9H3. The summed E-state index contributed by atoms with van der Waals surface area (Å²) in [4.78, 5) is 27.0. The number of benzene rings is 1. The third kappa shape index (κ3) is 5.05. The summed E-state index contributed by atoms with van der Waals surface area (Å²) in [5.41, 5.74) is -0.0361. The summed E-state index contributed by atoms with van der Waals surface area (Å²) < 4.78 is 18.3. The molecule has 0 bridgehead atoms. The second-order valence-corrected chi connectivity index (χ2v) is 16.7. The zero-order chi connectivity index (χ0) is 24.9. The van der Waals surface area contributed by atoms with Crippen LogP contribution in [0.1, 0.15) is 69.4 Å². The van der Waals surface area contributed by atoms with Crippen LogP contribution in [0.4, 0.5) is 0 Å². The number of aliphatic hydroxyl groups excluding tert-OH is 1. The molecule has 2 aromatic rings. The van der Waals surface area contributed by atoms with Gasteiger partial charge in [-0.25, -0.2) is 0 Å². The lowest BCUT2D eigenvalue weighted by molar-refractivity contribution is -0.155. The van der Waals surface area contributed by atoms with Gasteiger partial charge in [0, 0.05) is 28.3 Å². The number of amides is 1. The molecule has 1 N–H and O–H groups in total. The molecule has 1 aliphatic rings. The maximum absolute atomic E-state index is 13.0. The Balaban J connectivity index is 1.92. The number of thiophene rings is 1. The van der Waals surface area contributed by atoms with Crippen LogP contribution in [-0.4, -0.2) is 49.5 Å². The first-order chi connectivity index (χ1) is 15.1. The number of hydrogen-bond acceptors (Lipinski definition) is 7. The Morgan fingerprint density at radius 2 is 1.79 bits per heavy atom. The number of ether oxygens (including phenoxy) is 2. The van der Waals surface area contributed by atoms with Crippen molar-refractivity contribution < 1.29 is 28.6 Å². The predicted octanol–water partition coefficient (Wildman–Crippen LogP) is 5.47. The van der Waals surface area contributed by atoms with Gasteiger partial charge in [0.2, 0.25) is 0 Å². The van der Waals surface area contributed by atoms with Crippen LogP contribution < -0.4 is 9.16 Å². The molecule has 1 aromatic heterocycles. The van der Waals surface area contributed by atoms with Crippen LogP contribution in [0.15, 0.2) is 12.1 Å². The van der Waals surface area contributed by atoms with Gasteiger partial charge >= 0.3 is 5.97 Å². The molecular formula is C24H35NO6SSi. The minimum absolute atomic E-state index is 0.00248. The zero-order valence-corrected chi connectivity index (χ0v) is 22.8. The molecular weight excluding hydrogens is 458 g/mol. The molecule has 3 rings (SSSR count). The normalized spacial score (nSPS) is 16.8. The van der Waals surface area contributed by atoms with E-state index in [2.05, 4.69) is 33.9 Å². The molecule has 1 unspecified atom stereocenters. The zero-order valence-electron chi connectivity index (χ0n) is 21.0. The van der Waals surface area contributed by atoms with Crippen LogP contribution in [0.25, 0.3) is 10.1 Å². The Morgan fingerprint density at radius 1 is 1.15 bits per heavy atom. The van der Waals surface area contributed by atoms with E-state index in [-0.39, 0.29) is 23.9 Å². The Labute approximate surface area is 200 Å². The second kappa shape index (κ2) is 8.59. The van der Waals surface area contributed by atoms with E-state index >= 15 is 0 Å². The lowest BCUT2D eigenvalue weighted by Crippen LogP contribution is -2.43. The highest BCUT2D eigenvalue weighted by Crippen LogP contribution is 2.48. The first kappa shape index (κ1) is 25.5. The highest BCUT2D eigenvalue weighted by Gasteiger charge is 2.42. The summed E-state index contributed by atoms with van der Waals surface area (Å²) in [6.07, 6.45) is -1.11. The Morgan fingerprint density at radius 3 is 2.33 bits per heavy atom. The summed E-state index contributed by atoms with van der Waals surface area (Å²) >= 11 is 1.32. The van der Waals surface area contributed by atoms with Crippen LogP contribution in [0, 0.1) is 0 Å². The van der Waals surface area contributed by atoms with E-state index in [0.29, 0.717) is 21.9 Å². The van der Waals surface area contributed by atoms with Gasteiger partial charge in [-0.1, -0.05) is 20.8 Å². The largest absolute Gasteiger partial charge is 0.541 e. The molecule has 9 heteroatoms. The maximum Gasteiger partial charge on any atom is 0.308 e. The number of nitrogens with zero attached hydrogens (tertiary/aromatic N) is 1. The molecule has 2 heterocycles. The Kier molecular flexibility index (Phi) is 6.65. The van der Waals surface area contributed by atoms with Crippen LogP contribution in [0.5, 0.6) is 11.5 Å². The van der Waals surface area contributed by atoms with Crippen molar-refractivity contribution in [3.05, 3.63) is 22.6 Å². The van der Waals surface area contributed by atoms with E-state index in [1.54, 1.807) is 27.9 Å². The van der Waals surface area contributed by atoms with E-state index in [0.717, 1.165) is 10.1 Å². The summed E-state index contributed by atoms with van der Waals surface area (Å²) in [7, 11) is -0.546. The van der Waals surface area contributed by atoms with E-state index in [1.807, 2.05) is 12.1 Å². The number of fused-ring (bicyclic) bond motifs is 3. The van der Waals surface area contributed by atoms with E-state index < -0.39 is 26.1 Å². The van der Waals surface area contributed by atoms with Gasteiger partial charge in [-0.2, -0.15) is 0 Å². The summed E-state index contributed by atoms with van der Waals surface area (Å²) in [6.45, 7) is 16.3. The molecule has 1 atom stereocenters. The fraction of sp³-hybridized carbons (Fsp3) is 0.583. The molecule has 0 spiro atoms. The molecule has 0 saturated carbocycles. The molecule has 33 heavy (non-hydrogen) atoms. The van der Waals surface area contributed by atoms with Gasteiger partial charge in [0.15, 0.2) is 12.0 Å². The maximum atomic E-state index is 13.0. The summed E-state index contributed by atoms with van der Waals surface area (Å²) in [5.74, 6) is 0.533. The van der Waals surface area contributed by atoms with Gasteiger partial charge in [0.1, 0.15) is 16.2 Å². The van der Waals surface area contributed by atoms with Crippen molar-refractivity contribution in [2.24, 2.45) is 0 Å². The smallest absolute Gasteiger partial charge is 0.308 e. The SMILES string of the molecule is COc1cc2sc3c(c2cc1O[Si](C)(C)C(C)(C)C)C(O)N(CCC(=O)OC(C)(C)C)C3=O. The molecule has 1 aromatic carbocycles. The highest BCUT2D eigenvalue weighted by molar-refractivity contribution is 7.21. The van der Waals surface area contributed by atoms with Crippen LogP contribution in [-0.2, 0) is 9.53 Å². The van der Waals surface area contributed by atoms with Crippen molar-refractivity contribution in [1.29, 1.82) is 0 Å². The summed E-state index contributed by atoms with van der Waals surface area (Å²) in [6, 6.07) is 3.74. The molecule has 7 nitrogen and oxygen atoms in total. The van der Waals surface area contributed by atoms with Gasteiger partial charge in [-0.15, -0.1) is 11.3 Å². The van der Waals surface area contributed by atoms with Crippen molar-refractivity contribution in [3.8, 4) is 11.5 Å². The molecule has 1 aliphatic heterocycles. The number of carbonyl (C=O) groups excluding carboxylic acids is 2. The van der Waals surface area contributed by atoms with Gasteiger partial charge in [-0.05, 0) is 45.0 Å². The molecule has 0 radical (unpaired) electrons. The number of esters is 1. The summed E-state index contributed by atoms with van der Waals surface area (Å²) in [5, 5.41) is 11.8. The molecule has 0 fully saturated rings. The first-order valence-corrected chi connectivity index (χ1v) is 14.8. The van der Waals surface area contributed by atoms with Crippen molar-refractivity contribution in [2.45, 2.75) is 77.9 Å². The van der Waals surface area contributed by atoms with Crippen LogP contribution in [0.2, 0.25) is 18.1 Å². The number of carbonyl (C=O) groups is 2. The van der Waals surface area contributed by atoms with Crippen molar-refractivity contribution in [1.82, 2.24) is 4.90 Å². The minimum atomic E-state index is -2.14. The first-order valence-electron chi connectivity index (χ1n) is 11.1. The lowest BCUT2D eigenvalue weighted by atomic mass is 10.1. The van der Waals surface area contributed by atoms with Crippen LogP contribution in [0.3, 0.4) is 0 Å². The Hall–Kier alpha value is -2.10. The number of hydrogen-bond donors (Lipinski definition) is 1. The fourth-order valence-corrected chi connectivity index (χ4v) is 5.64. The molecule has 1 amide bonds. The number of methoxy groups -OCH3 is 1. The topological polar surface area (TPSA) is 85.3 Å². The van der Waals surface area contributed by atoms with Crippen molar-refractivity contribution in [2.75, 3.05) is 13.7 Å². The van der Waals surface area contributed by atoms with Gasteiger partial charge in [0.25, 0.3) is 14.2 Å². The molecule has 0 saturated heterocycles. The van der Waals surface area contributed by atoms with E-state index in [4.69, 9.17) is 13.9 Å². The average molecular weight is 494 g/mol. The lowest BCUT2D eigenvalue weighted by Gasteiger charge is -2.36. The van der Waals surface area contributed by atoms with Gasteiger partial charge < -0.3 is 23.9 Å². The highest BCUT2D eigenvalue weighted by atomic mass is 32.1. The molecule has 182 valence electrons. The predicted molar refractivity (Wildman–Crippen MR) is 133 cm³/mol. The molecule has 0 aliphatic carbocycles.